The number of esters is 1. The number of likely N-dealkylation sites (tertiary alicyclic amines) is 1. The number of fused-ring (bicyclic) bond motifs is 1. The van der Waals surface area contributed by atoms with Gasteiger partial charge in [-0.2, -0.15) is 5.26 Å². The van der Waals surface area contributed by atoms with Crippen molar-refractivity contribution in [2.45, 2.75) is 31.8 Å². The third-order valence-corrected chi connectivity index (χ3v) is 7.09. The van der Waals surface area contributed by atoms with Gasteiger partial charge in [-0.3, -0.25) is 0 Å². The molecule has 0 amide bonds. The Morgan fingerprint density at radius 2 is 1.73 bits per heavy atom. The van der Waals surface area contributed by atoms with Crippen LogP contribution in [0.5, 0.6) is 0 Å². The summed E-state index contributed by atoms with van der Waals surface area (Å²) in [5.41, 5.74) is 5.67. The Bertz CT molecular complexity index is 1390. The molecule has 0 radical (unpaired) electrons. The number of aromatic nitrogens is 2. The lowest BCUT2D eigenvalue weighted by Gasteiger charge is -2.32. The lowest BCUT2D eigenvalue weighted by Crippen LogP contribution is -2.40. The number of benzene rings is 3. The average molecular weight is 494 g/mol. The highest BCUT2D eigenvalue weighted by molar-refractivity contribution is 5.89. The van der Waals surface area contributed by atoms with E-state index in [9.17, 15) is 4.79 Å². The van der Waals surface area contributed by atoms with Crippen LogP contribution < -0.4 is 5.32 Å². The number of carbonyl (C=O) groups excluding carboxylic acids is 1. The predicted octanol–water partition coefficient (Wildman–Crippen LogP) is 4.86. The molecule has 1 N–H and O–H groups in total. The molecule has 7 heteroatoms. The Labute approximate surface area is 217 Å². The summed E-state index contributed by atoms with van der Waals surface area (Å²) in [5.74, 6) is 0.555. The van der Waals surface area contributed by atoms with Crippen molar-refractivity contribution in [2.24, 2.45) is 0 Å². The van der Waals surface area contributed by atoms with Crippen LogP contribution in [0.25, 0.3) is 11.0 Å². The maximum absolute atomic E-state index is 11.8. The fourth-order valence-corrected chi connectivity index (χ4v) is 4.91. The minimum Gasteiger partial charge on any atom is -0.465 e. The lowest BCUT2D eigenvalue weighted by molar-refractivity contribution is 0.0600. The third-order valence-electron chi connectivity index (χ3n) is 7.09. The summed E-state index contributed by atoms with van der Waals surface area (Å²) in [5, 5.41) is 12.7. The van der Waals surface area contributed by atoms with E-state index in [0.29, 0.717) is 23.7 Å². The van der Waals surface area contributed by atoms with Gasteiger partial charge < -0.3 is 19.5 Å². The maximum atomic E-state index is 11.8. The van der Waals surface area contributed by atoms with Crippen molar-refractivity contribution in [2.75, 3.05) is 32.1 Å². The highest BCUT2D eigenvalue weighted by Gasteiger charge is 2.21. The zero-order valence-electron chi connectivity index (χ0n) is 21.1. The summed E-state index contributed by atoms with van der Waals surface area (Å²) >= 11 is 0. The van der Waals surface area contributed by atoms with Gasteiger partial charge in [-0.25, -0.2) is 9.78 Å². The van der Waals surface area contributed by atoms with Crippen molar-refractivity contribution in [1.29, 1.82) is 5.26 Å². The molecular weight excluding hydrogens is 462 g/mol. The minimum atomic E-state index is -0.328. The molecule has 7 nitrogen and oxygen atoms in total. The van der Waals surface area contributed by atoms with Gasteiger partial charge in [0.05, 0.1) is 41.9 Å². The number of anilines is 1. The van der Waals surface area contributed by atoms with Crippen molar-refractivity contribution < 1.29 is 9.53 Å². The van der Waals surface area contributed by atoms with Crippen LogP contribution in [0, 0.1) is 11.3 Å². The lowest BCUT2D eigenvalue weighted by atomic mass is 10.0. The summed E-state index contributed by atoms with van der Waals surface area (Å²) in [6, 6.07) is 26.2. The van der Waals surface area contributed by atoms with E-state index in [-0.39, 0.29) is 5.97 Å². The van der Waals surface area contributed by atoms with Gasteiger partial charge in [0.15, 0.2) is 0 Å². The Morgan fingerprint density at radius 3 is 2.43 bits per heavy atom. The van der Waals surface area contributed by atoms with Gasteiger partial charge in [0.25, 0.3) is 0 Å². The fraction of sp³-hybridized carbons (Fsp3) is 0.300. The number of nitrogens with one attached hydrogen (secondary N) is 1. The summed E-state index contributed by atoms with van der Waals surface area (Å²) in [7, 11) is 1.39. The van der Waals surface area contributed by atoms with Gasteiger partial charge in [-0.15, -0.1) is 0 Å². The largest absolute Gasteiger partial charge is 0.465 e. The zero-order valence-corrected chi connectivity index (χ0v) is 21.1. The molecule has 0 atom stereocenters. The van der Waals surface area contributed by atoms with E-state index in [1.54, 1.807) is 12.1 Å². The molecule has 0 spiro atoms. The van der Waals surface area contributed by atoms with Gasteiger partial charge in [-0.1, -0.05) is 36.4 Å². The van der Waals surface area contributed by atoms with Crippen LogP contribution in [-0.2, 0) is 17.7 Å². The van der Waals surface area contributed by atoms with Crippen LogP contribution in [0.2, 0.25) is 0 Å². The number of hydrogen-bond acceptors (Lipinski definition) is 6. The SMILES string of the molecule is COC(=O)c1ccc(Cn2c(NC3CCN(CCc4ccc(C#N)cc4)CC3)nc3ccccc32)cc1. The molecule has 1 aliphatic heterocycles. The molecule has 0 saturated carbocycles. The highest BCUT2D eigenvalue weighted by atomic mass is 16.5. The fourth-order valence-electron chi connectivity index (χ4n) is 4.91. The first-order valence-electron chi connectivity index (χ1n) is 12.7. The van der Waals surface area contributed by atoms with E-state index < -0.39 is 0 Å². The van der Waals surface area contributed by atoms with E-state index in [0.717, 1.165) is 61.4 Å². The molecule has 3 aromatic carbocycles. The molecule has 188 valence electrons. The second kappa shape index (κ2) is 11.3. The molecular formula is C30H31N5O2. The number of imidazole rings is 1. The smallest absolute Gasteiger partial charge is 0.337 e. The molecule has 2 heterocycles. The molecule has 0 bridgehead atoms. The Balaban J connectivity index is 1.22. The Morgan fingerprint density at radius 1 is 1.03 bits per heavy atom. The number of methoxy groups -OCH3 is 1. The molecule has 1 aromatic heterocycles. The monoisotopic (exact) mass is 493 g/mol. The van der Waals surface area contributed by atoms with Crippen molar-refractivity contribution in [1.82, 2.24) is 14.5 Å². The molecule has 5 rings (SSSR count). The average Bonchev–Trinajstić information content (AvgIpc) is 3.29. The number of ether oxygens (including phenoxy) is 1. The number of rotatable bonds is 8. The van der Waals surface area contributed by atoms with E-state index in [2.05, 4.69) is 39.1 Å². The molecule has 4 aromatic rings. The van der Waals surface area contributed by atoms with E-state index in [1.165, 1.54) is 12.7 Å². The van der Waals surface area contributed by atoms with E-state index in [1.807, 2.05) is 42.5 Å². The van der Waals surface area contributed by atoms with Crippen LogP contribution in [0.15, 0.2) is 72.8 Å². The van der Waals surface area contributed by atoms with Gasteiger partial charge in [0.2, 0.25) is 5.95 Å². The number of nitrogens with zero attached hydrogens (tertiary/aromatic N) is 4. The zero-order chi connectivity index (χ0) is 25.6. The second-order valence-electron chi connectivity index (χ2n) is 9.52. The van der Waals surface area contributed by atoms with E-state index in [4.69, 9.17) is 15.0 Å². The van der Waals surface area contributed by atoms with E-state index >= 15 is 0 Å². The number of nitriles is 1. The van der Waals surface area contributed by atoms with Crippen LogP contribution in [-0.4, -0.2) is 53.2 Å². The molecule has 37 heavy (non-hydrogen) atoms. The standard InChI is InChI=1S/C30H31N5O2/c1-37-29(36)25-12-10-24(11-13-25)21-35-28-5-3-2-4-27(28)33-30(35)32-26-15-18-34(19-16-26)17-14-22-6-8-23(20-31)9-7-22/h2-13,26H,14-19,21H2,1H3,(H,32,33). The van der Waals surface area contributed by atoms with Gasteiger partial charge in [-0.05, 0) is 66.8 Å². The van der Waals surface area contributed by atoms with Gasteiger partial charge in [0, 0.05) is 25.7 Å². The minimum absolute atomic E-state index is 0.328. The second-order valence-corrected chi connectivity index (χ2v) is 9.52. The van der Waals surface area contributed by atoms with Crippen LogP contribution >= 0.6 is 0 Å². The first-order valence-corrected chi connectivity index (χ1v) is 12.7. The summed E-state index contributed by atoms with van der Waals surface area (Å²) < 4.78 is 7.04. The first-order chi connectivity index (χ1) is 18.1. The number of para-hydroxylation sites is 2. The van der Waals surface area contributed by atoms with Crippen molar-refractivity contribution in [3.63, 3.8) is 0 Å². The highest BCUT2D eigenvalue weighted by Crippen LogP contribution is 2.24. The van der Waals surface area contributed by atoms with Gasteiger partial charge >= 0.3 is 5.97 Å². The summed E-state index contributed by atoms with van der Waals surface area (Å²) in [4.78, 5) is 19.2. The number of hydrogen-bond donors (Lipinski definition) is 1. The maximum Gasteiger partial charge on any atom is 0.337 e. The van der Waals surface area contributed by atoms with Crippen molar-refractivity contribution in [3.8, 4) is 6.07 Å². The normalized spacial score (nSPS) is 14.4. The van der Waals surface area contributed by atoms with Crippen molar-refractivity contribution in [3.05, 3.63) is 95.1 Å². The molecule has 1 aliphatic rings. The van der Waals surface area contributed by atoms with Crippen LogP contribution in [0.3, 0.4) is 0 Å². The molecule has 1 saturated heterocycles. The quantitative estimate of drug-likeness (QED) is 0.353. The predicted molar refractivity (Wildman–Crippen MR) is 145 cm³/mol. The van der Waals surface area contributed by atoms with Crippen LogP contribution in [0.4, 0.5) is 5.95 Å². The first kappa shape index (κ1) is 24.5. The van der Waals surface area contributed by atoms with Crippen LogP contribution in [0.1, 0.15) is 39.9 Å². The number of piperidine rings is 1. The molecule has 0 aliphatic carbocycles. The molecule has 1 fully saturated rings. The topological polar surface area (TPSA) is 83.2 Å². The summed E-state index contributed by atoms with van der Waals surface area (Å²) in [6.07, 6.45) is 3.11. The van der Waals surface area contributed by atoms with Gasteiger partial charge in [0.1, 0.15) is 0 Å². The summed E-state index contributed by atoms with van der Waals surface area (Å²) in [6.45, 7) is 3.78. The van der Waals surface area contributed by atoms with Crippen molar-refractivity contribution >= 4 is 23.0 Å². The Hall–Kier alpha value is -4.15. The molecule has 0 unspecified atom stereocenters. The third kappa shape index (κ3) is 5.82. The number of carbonyl (C=O) groups is 1. The Kier molecular flexibility index (Phi) is 7.48.